The lowest BCUT2D eigenvalue weighted by Crippen LogP contribution is -2.41. The van der Waals surface area contributed by atoms with Gasteiger partial charge in [0.1, 0.15) is 16.7 Å². The summed E-state index contributed by atoms with van der Waals surface area (Å²) in [5.74, 6) is 0. The molecular formula is C6H18N4P2. The van der Waals surface area contributed by atoms with Crippen molar-refractivity contribution in [1.82, 2.24) is 18.2 Å². The van der Waals surface area contributed by atoms with E-state index in [1.807, 2.05) is 0 Å². The second-order valence-electron chi connectivity index (χ2n) is 3.21. The average Bonchev–Trinajstić information content (AvgIpc) is 1.84. The predicted octanol–water partition coefficient (Wildman–Crippen LogP) is 1.44. The van der Waals surface area contributed by atoms with Gasteiger partial charge in [-0.1, -0.05) is 0 Å². The monoisotopic (exact) mass is 208 g/mol. The van der Waals surface area contributed by atoms with Crippen LogP contribution in [0.4, 0.5) is 0 Å². The molecule has 0 aromatic heterocycles. The van der Waals surface area contributed by atoms with Crippen molar-refractivity contribution in [2.45, 2.75) is 0 Å². The van der Waals surface area contributed by atoms with Gasteiger partial charge in [-0.2, -0.15) is 0 Å². The van der Waals surface area contributed by atoms with Gasteiger partial charge in [-0.15, -0.1) is 0 Å². The maximum atomic E-state index is 2.46. The molecule has 4 nitrogen and oxygen atoms in total. The molecule has 0 aliphatic carbocycles. The predicted molar refractivity (Wildman–Crippen MR) is 56.7 cm³/mol. The van der Waals surface area contributed by atoms with E-state index in [0.717, 1.165) is 0 Å². The summed E-state index contributed by atoms with van der Waals surface area (Å²) in [5, 5.41) is 0. The number of nitrogens with zero attached hydrogens (tertiary/aromatic N) is 4. The summed E-state index contributed by atoms with van der Waals surface area (Å²) in [6.45, 7) is 0. The molecule has 0 aromatic carbocycles. The fraction of sp³-hybridized carbons (Fsp3) is 1.00. The van der Waals surface area contributed by atoms with Crippen LogP contribution in [-0.2, 0) is 0 Å². The van der Waals surface area contributed by atoms with Crippen LogP contribution in [-0.4, -0.2) is 60.5 Å². The Hall–Kier alpha value is 0.700. The highest BCUT2D eigenvalue weighted by Crippen LogP contribution is 2.75. The third-order valence-electron chi connectivity index (χ3n) is 1.75. The van der Waals surface area contributed by atoms with E-state index in [1.165, 1.54) is 0 Å². The number of hydrogen-bond donors (Lipinski definition) is 0. The maximum Gasteiger partial charge on any atom is 0.130 e. The normalized spacial score (nSPS) is 33.0. The second-order valence-corrected chi connectivity index (χ2v) is 8.91. The van der Waals surface area contributed by atoms with Crippen LogP contribution >= 0.6 is 16.7 Å². The molecule has 0 aromatic rings. The summed E-state index contributed by atoms with van der Waals surface area (Å²) >= 11 is 0. The van der Waals surface area contributed by atoms with Gasteiger partial charge in [0.05, 0.1) is 0 Å². The zero-order valence-electron chi connectivity index (χ0n) is 8.68. The molecule has 1 rings (SSSR count). The summed E-state index contributed by atoms with van der Waals surface area (Å²) in [5.41, 5.74) is 0. The van der Waals surface area contributed by atoms with Gasteiger partial charge in [-0.05, 0) is 42.3 Å². The van der Waals surface area contributed by atoms with Crippen molar-refractivity contribution in [2.24, 2.45) is 0 Å². The van der Waals surface area contributed by atoms with Gasteiger partial charge < -0.3 is 0 Å². The van der Waals surface area contributed by atoms with Crippen LogP contribution in [0.3, 0.4) is 0 Å². The van der Waals surface area contributed by atoms with Crippen molar-refractivity contribution in [1.29, 1.82) is 0 Å². The molecule has 12 heavy (non-hydrogen) atoms. The Balaban J connectivity index is 2.56. The van der Waals surface area contributed by atoms with Gasteiger partial charge in [0.15, 0.2) is 0 Å². The SMILES string of the molecule is CN(C)P1N(C)P(N(C)C)N1C. The van der Waals surface area contributed by atoms with Gasteiger partial charge in [0.25, 0.3) is 0 Å². The molecule has 1 aliphatic rings. The lowest BCUT2D eigenvalue weighted by molar-refractivity contribution is 0.481. The Morgan fingerprint density at radius 1 is 0.750 bits per heavy atom. The van der Waals surface area contributed by atoms with Gasteiger partial charge in [-0.25, -0.2) is 8.88 Å². The van der Waals surface area contributed by atoms with Gasteiger partial charge in [-0.3, -0.25) is 9.34 Å². The summed E-state index contributed by atoms with van der Waals surface area (Å²) in [6, 6.07) is 0. The third kappa shape index (κ3) is 1.65. The lowest BCUT2D eigenvalue weighted by Gasteiger charge is -2.56. The highest BCUT2D eigenvalue weighted by atomic mass is 31.3. The molecule has 1 saturated heterocycles. The molecule has 6 heteroatoms. The van der Waals surface area contributed by atoms with E-state index >= 15 is 0 Å². The first kappa shape index (κ1) is 10.8. The van der Waals surface area contributed by atoms with E-state index in [0.29, 0.717) is 0 Å². The Labute approximate surface area is 77.9 Å². The smallest absolute Gasteiger partial charge is 0.130 e. The Morgan fingerprint density at radius 3 is 1.17 bits per heavy atom. The molecule has 1 aliphatic heterocycles. The van der Waals surface area contributed by atoms with Crippen molar-refractivity contribution in [3.63, 3.8) is 0 Å². The van der Waals surface area contributed by atoms with E-state index in [-0.39, 0.29) is 16.7 Å². The minimum atomic E-state index is -0.164. The Morgan fingerprint density at radius 2 is 1.00 bits per heavy atom. The van der Waals surface area contributed by atoms with E-state index in [4.69, 9.17) is 0 Å². The molecule has 1 fully saturated rings. The fourth-order valence-electron chi connectivity index (χ4n) is 1.52. The highest BCUT2D eigenvalue weighted by Gasteiger charge is 2.45. The standard InChI is InChI=1S/C6H18N4P2/c1-7(2)11-9(5)12(8(3)4)10(11)6/h1-6H3. The van der Waals surface area contributed by atoms with E-state index < -0.39 is 0 Å². The number of hydrogen-bond acceptors (Lipinski definition) is 4. The first-order chi connectivity index (χ1) is 5.46. The van der Waals surface area contributed by atoms with Crippen molar-refractivity contribution >= 4 is 16.7 Å². The summed E-state index contributed by atoms with van der Waals surface area (Å²) < 4.78 is 9.50. The number of rotatable bonds is 2. The summed E-state index contributed by atoms with van der Waals surface area (Å²) in [4.78, 5) is 0. The lowest BCUT2D eigenvalue weighted by atomic mass is 11.3. The van der Waals surface area contributed by atoms with Crippen LogP contribution in [0.15, 0.2) is 0 Å². The summed E-state index contributed by atoms with van der Waals surface area (Å²) in [6.07, 6.45) is 0. The van der Waals surface area contributed by atoms with Crippen LogP contribution in [0.25, 0.3) is 0 Å². The first-order valence-corrected chi connectivity index (χ1v) is 6.28. The zero-order chi connectivity index (χ0) is 9.46. The topological polar surface area (TPSA) is 13.0 Å². The largest absolute Gasteiger partial charge is 0.263 e. The molecule has 72 valence electrons. The van der Waals surface area contributed by atoms with Crippen molar-refractivity contribution in [2.75, 3.05) is 42.3 Å². The van der Waals surface area contributed by atoms with Gasteiger partial charge in [0, 0.05) is 0 Å². The third-order valence-corrected chi connectivity index (χ3v) is 7.17. The molecule has 0 bridgehead atoms. The summed E-state index contributed by atoms with van der Waals surface area (Å²) in [7, 11) is 12.6. The van der Waals surface area contributed by atoms with Crippen LogP contribution in [0.2, 0.25) is 0 Å². The molecule has 0 radical (unpaired) electrons. The van der Waals surface area contributed by atoms with Crippen LogP contribution in [0.1, 0.15) is 0 Å². The molecule has 0 unspecified atom stereocenters. The fourth-order valence-corrected chi connectivity index (χ4v) is 8.33. The van der Waals surface area contributed by atoms with Gasteiger partial charge >= 0.3 is 0 Å². The van der Waals surface area contributed by atoms with E-state index in [9.17, 15) is 0 Å². The molecule has 0 atom stereocenters. The first-order valence-electron chi connectivity index (χ1n) is 3.88. The maximum absolute atomic E-state index is 2.46. The molecule has 0 amide bonds. The van der Waals surface area contributed by atoms with Crippen molar-refractivity contribution in [3.8, 4) is 0 Å². The van der Waals surface area contributed by atoms with Crippen molar-refractivity contribution in [3.05, 3.63) is 0 Å². The van der Waals surface area contributed by atoms with Crippen LogP contribution in [0, 0.1) is 0 Å². The average molecular weight is 208 g/mol. The minimum Gasteiger partial charge on any atom is -0.263 e. The van der Waals surface area contributed by atoms with E-state index in [1.54, 1.807) is 0 Å². The second kappa shape index (κ2) is 3.83. The molecule has 0 N–H and O–H groups in total. The molecule has 0 spiro atoms. The quantitative estimate of drug-likeness (QED) is 0.636. The minimum absolute atomic E-state index is 0.164. The molecule has 0 saturated carbocycles. The van der Waals surface area contributed by atoms with Crippen LogP contribution < -0.4 is 0 Å². The Bertz CT molecular complexity index is 138. The molecule has 1 heterocycles. The molecular weight excluding hydrogens is 190 g/mol. The van der Waals surface area contributed by atoms with E-state index in [2.05, 4.69) is 60.5 Å². The van der Waals surface area contributed by atoms with Crippen molar-refractivity contribution < 1.29 is 0 Å². The van der Waals surface area contributed by atoms with Gasteiger partial charge in [0.2, 0.25) is 0 Å². The Kier molecular flexibility index (Phi) is 3.44. The highest BCUT2D eigenvalue weighted by molar-refractivity contribution is 7.80. The van der Waals surface area contributed by atoms with Crippen LogP contribution in [0.5, 0.6) is 0 Å². The zero-order valence-corrected chi connectivity index (χ0v) is 10.5.